The van der Waals surface area contributed by atoms with Crippen LogP contribution in [0.15, 0.2) is 66.7 Å². The van der Waals surface area contributed by atoms with Crippen LogP contribution in [0.4, 0.5) is 11.4 Å². The molecule has 0 bridgehead atoms. The molecule has 0 saturated carbocycles. The molecule has 58 heavy (non-hydrogen) atoms. The molecule has 2 N–H and O–H groups in total. The standard InChI is InChI=1S/C44H47N9O4S/c1-27-26-57-41-39-31-9-11-34(46-35(31)12-13-37(39)58-42(41)44(56)45-27)28-3-5-29(6-4-28)52-21-17-50(18-22-52)15-16-51-19-23-53(24-20-51)30-7-8-32-36(25-30)49(2)48-40(32)33-10-14-38(54)47-43(33)55/h3-9,11-13,25,27,33H,10,14-24,26H2,1-2H3,(H,45,56)(H,47,54,55)/t27-,33?/m1/s1. The van der Waals surface area contributed by atoms with E-state index in [0.717, 1.165) is 114 Å². The van der Waals surface area contributed by atoms with Crippen molar-refractivity contribution < 1.29 is 19.1 Å². The zero-order valence-electron chi connectivity index (χ0n) is 32.9. The van der Waals surface area contributed by atoms with Gasteiger partial charge in [-0.3, -0.25) is 34.2 Å². The summed E-state index contributed by atoms with van der Waals surface area (Å²) in [4.78, 5) is 52.8. The van der Waals surface area contributed by atoms with Crippen LogP contribution in [0, 0.1) is 0 Å². The first-order valence-corrected chi connectivity index (χ1v) is 21.2. The average molecular weight is 798 g/mol. The maximum Gasteiger partial charge on any atom is 0.265 e. The number of piperazine rings is 2. The fraction of sp³-hybridized carbons (Fsp3) is 0.386. The number of pyridine rings is 1. The molecule has 6 aromatic rings. The number of piperidine rings is 1. The third kappa shape index (κ3) is 6.82. The van der Waals surface area contributed by atoms with E-state index < -0.39 is 5.92 Å². The van der Waals surface area contributed by atoms with Gasteiger partial charge in [-0.25, -0.2) is 4.98 Å². The van der Waals surface area contributed by atoms with Gasteiger partial charge in [-0.1, -0.05) is 12.1 Å². The Kier molecular flexibility index (Phi) is 9.49. The number of hydrogen-bond acceptors (Lipinski definition) is 11. The van der Waals surface area contributed by atoms with Crippen LogP contribution in [-0.4, -0.2) is 120 Å². The lowest BCUT2D eigenvalue weighted by Crippen LogP contribution is -2.51. The fourth-order valence-corrected chi connectivity index (χ4v) is 10.1. The summed E-state index contributed by atoms with van der Waals surface area (Å²) in [6.45, 7) is 12.6. The Balaban J connectivity index is 0.715. The number of rotatable bonds is 7. The number of anilines is 2. The smallest absolute Gasteiger partial charge is 0.265 e. The molecular weight excluding hydrogens is 751 g/mol. The molecule has 4 aliphatic heterocycles. The van der Waals surface area contributed by atoms with E-state index >= 15 is 0 Å². The van der Waals surface area contributed by atoms with Gasteiger partial charge in [-0.15, -0.1) is 11.3 Å². The van der Waals surface area contributed by atoms with E-state index in [1.807, 2.05) is 30.8 Å². The second-order valence-corrected chi connectivity index (χ2v) is 17.1. The second-order valence-electron chi connectivity index (χ2n) is 16.1. The van der Waals surface area contributed by atoms with Crippen molar-refractivity contribution in [2.24, 2.45) is 7.05 Å². The Morgan fingerprint density at radius 2 is 1.50 bits per heavy atom. The number of nitrogens with zero attached hydrogens (tertiary/aromatic N) is 7. The first kappa shape index (κ1) is 36.7. The maximum atomic E-state index is 12.8. The van der Waals surface area contributed by atoms with Crippen LogP contribution < -0.4 is 25.2 Å². The number of hydrogen-bond donors (Lipinski definition) is 2. The van der Waals surface area contributed by atoms with Crippen LogP contribution in [0.25, 0.3) is 43.1 Å². The van der Waals surface area contributed by atoms with Gasteiger partial charge in [0.15, 0.2) is 5.75 Å². The molecule has 3 saturated heterocycles. The Morgan fingerprint density at radius 3 is 2.22 bits per heavy atom. The summed E-state index contributed by atoms with van der Waals surface area (Å²) in [6, 6.07) is 23.4. The minimum absolute atomic E-state index is 0.0389. The number of aromatic nitrogens is 3. The van der Waals surface area contributed by atoms with E-state index in [0.29, 0.717) is 30.1 Å². The number of thiophene rings is 1. The first-order chi connectivity index (χ1) is 28.3. The number of fused-ring (bicyclic) bond motifs is 6. The van der Waals surface area contributed by atoms with Crippen molar-refractivity contribution in [3.05, 3.63) is 77.3 Å². The van der Waals surface area contributed by atoms with E-state index in [9.17, 15) is 14.4 Å². The van der Waals surface area contributed by atoms with Gasteiger partial charge in [0.05, 0.1) is 34.4 Å². The third-order valence-corrected chi connectivity index (χ3v) is 13.5. The normalized spacial score (nSPS) is 21.0. The van der Waals surface area contributed by atoms with Crippen LogP contribution in [0.5, 0.6) is 5.75 Å². The van der Waals surface area contributed by atoms with Crippen LogP contribution in [-0.2, 0) is 16.6 Å². The first-order valence-electron chi connectivity index (χ1n) is 20.4. The summed E-state index contributed by atoms with van der Waals surface area (Å²) in [5.74, 6) is -0.251. The Morgan fingerprint density at radius 1 is 0.810 bits per heavy atom. The van der Waals surface area contributed by atoms with Gasteiger partial charge in [-0.2, -0.15) is 5.10 Å². The van der Waals surface area contributed by atoms with Crippen molar-refractivity contribution in [1.29, 1.82) is 0 Å². The molecular formula is C44H47N9O4S. The van der Waals surface area contributed by atoms with Crippen molar-refractivity contribution in [2.75, 3.05) is 81.9 Å². The van der Waals surface area contributed by atoms with E-state index in [-0.39, 0.29) is 23.8 Å². The zero-order chi connectivity index (χ0) is 39.5. The molecule has 4 aliphatic rings. The Labute approximate surface area is 340 Å². The van der Waals surface area contributed by atoms with Crippen molar-refractivity contribution in [1.82, 2.24) is 35.2 Å². The summed E-state index contributed by atoms with van der Waals surface area (Å²) >= 11 is 1.47. The number of nitrogens with one attached hydrogen (secondary N) is 2. The maximum absolute atomic E-state index is 12.8. The molecule has 0 spiro atoms. The lowest BCUT2D eigenvalue weighted by atomic mass is 9.93. The molecule has 3 amide bonds. The number of imide groups is 1. The van der Waals surface area contributed by atoms with Crippen molar-refractivity contribution in [2.45, 2.75) is 31.7 Å². The van der Waals surface area contributed by atoms with Gasteiger partial charge in [0.2, 0.25) is 11.8 Å². The minimum Gasteiger partial charge on any atom is -0.489 e. The van der Waals surface area contributed by atoms with Gasteiger partial charge < -0.3 is 19.9 Å². The number of amides is 3. The summed E-state index contributed by atoms with van der Waals surface area (Å²) in [6.07, 6.45) is 0.844. The van der Waals surface area contributed by atoms with Gasteiger partial charge in [0.1, 0.15) is 11.5 Å². The van der Waals surface area contributed by atoms with Gasteiger partial charge in [-0.05, 0) is 67.9 Å². The van der Waals surface area contributed by atoms with E-state index in [4.69, 9.17) is 14.8 Å². The van der Waals surface area contributed by atoms with Gasteiger partial charge >= 0.3 is 0 Å². The largest absolute Gasteiger partial charge is 0.489 e. The molecule has 3 fully saturated rings. The van der Waals surface area contributed by atoms with Gasteiger partial charge in [0.25, 0.3) is 5.91 Å². The highest BCUT2D eigenvalue weighted by molar-refractivity contribution is 7.21. The fourth-order valence-electron chi connectivity index (χ4n) is 9.03. The highest BCUT2D eigenvalue weighted by Gasteiger charge is 2.32. The lowest BCUT2D eigenvalue weighted by molar-refractivity contribution is -0.134. The predicted molar refractivity (Wildman–Crippen MR) is 228 cm³/mol. The third-order valence-electron chi connectivity index (χ3n) is 12.3. The number of ether oxygens (including phenoxy) is 1. The van der Waals surface area contributed by atoms with Crippen LogP contribution in [0.1, 0.15) is 41.0 Å². The Hall–Kier alpha value is -5.57. The summed E-state index contributed by atoms with van der Waals surface area (Å²) in [7, 11) is 1.93. The van der Waals surface area contributed by atoms with Crippen molar-refractivity contribution >= 4 is 72.3 Å². The highest BCUT2D eigenvalue weighted by atomic mass is 32.1. The predicted octanol–water partition coefficient (Wildman–Crippen LogP) is 4.98. The second kappa shape index (κ2) is 15.0. The molecule has 10 rings (SSSR count). The summed E-state index contributed by atoms with van der Waals surface area (Å²) < 4.78 is 9.04. The summed E-state index contributed by atoms with van der Waals surface area (Å²) in [5, 5.41) is 13.2. The minimum atomic E-state index is -0.393. The van der Waals surface area contributed by atoms with E-state index in [1.165, 1.54) is 22.7 Å². The lowest BCUT2D eigenvalue weighted by Gasteiger charge is -2.39. The van der Waals surface area contributed by atoms with Gasteiger partial charge in [0, 0.05) is 117 Å². The summed E-state index contributed by atoms with van der Waals surface area (Å²) in [5.41, 5.74) is 7.08. The van der Waals surface area contributed by atoms with Crippen molar-refractivity contribution in [3.8, 4) is 17.0 Å². The molecule has 3 aromatic heterocycles. The van der Waals surface area contributed by atoms with Crippen LogP contribution in [0.3, 0.4) is 0 Å². The molecule has 7 heterocycles. The molecule has 0 aliphatic carbocycles. The zero-order valence-corrected chi connectivity index (χ0v) is 33.7. The van der Waals surface area contributed by atoms with Crippen molar-refractivity contribution in [3.63, 3.8) is 0 Å². The Bertz CT molecular complexity index is 2570. The molecule has 3 aromatic carbocycles. The number of aryl methyl sites for hydroxylation is 1. The molecule has 1 unspecified atom stereocenters. The van der Waals surface area contributed by atoms with E-state index in [1.54, 1.807) is 0 Å². The van der Waals surface area contributed by atoms with Crippen LogP contribution in [0.2, 0.25) is 0 Å². The van der Waals surface area contributed by atoms with Crippen LogP contribution >= 0.6 is 11.3 Å². The monoisotopic (exact) mass is 797 g/mol. The number of carbonyl (C=O) groups excluding carboxylic acids is 3. The quantitative estimate of drug-likeness (QED) is 0.214. The molecule has 13 nitrogen and oxygen atoms in total. The average Bonchev–Trinajstić information content (AvgIpc) is 3.75. The molecule has 0 radical (unpaired) electrons. The highest BCUT2D eigenvalue weighted by Crippen LogP contribution is 2.43. The molecule has 2 atom stereocenters. The SMILES string of the molecule is C[C@@H]1COc2c(sc3ccc4nc(-c5ccc(N6CCN(CCN7CCN(c8ccc9c(C%10CCC(=O)NC%10=O)nn(C)c9c8)CC7)CC6)cc5)ccc4c23)C(=O)N1. The number of carbonyl (C=O) groups is 3. The number of benzene rings is 3. The molecule has 298 valence electrons. The van der Waals surface area contributed by atoms with E-state index in [2.05, 4.69) is 84.8 Å². The topological polar surface area (TPSA) is 128 Å². The molecule has 14 heteroatoms.